The number of amides is 1. The summed E-state index contributed by atoms with van der Waals surface area (Å²) in [4.78, 5) is 23.8. The minimum Gasteiger partial charge on any atom is -0.454 e. The van der Waals surface area contributed by atoms with Crippen LogP contribution in [0.3, 0.4) is 0 Å². The zero-order chi connectivity index (χ0) is 16.8. The Morgan fingerprint density at radius 1 is 1.35 bits per heavy atom. The number of esters is 1. The van der Waals surface area contributed by atoms with Gasteiger partial charge in [0.25, 0.3) is 0 Å². The van der Waals surface area contributed by atoms with Crippen molar-refractivity contribution >= 4 is 27.8 Å². The van der Waals surface area contributed by atoms with Gasteiger partial charge in [-0.2, -0.15) is 0 Å². The molecule has 126 valence electrons. The van der Waals surface area contributed by atoms with Crippen molar-refractivity contribution in [3.63, 3.8) is 0 Å². The van der Waals surface area contributed by atoms with Crippen molar-refractivity contribution in [1.82, 2.24) is 5.32 Å². The highest BCUT2D eigenvalue weighted by molar-refractivity contribution is 9.09. The summed E-state index contributed by atoms with van der Waals surface area (Å²) in [5, 5.41) is 3.27. The Kier molecular flexibility index (Phi) is 6.56. The van der Waals surface area contributed by atoms with Crippen LogP contribution in [-0.4, -0.2) is 48.9 Å². The number of rotatable bonds is 5. The minimum atomic E-state index is -0.600. The number of benzene rings is 1. The first-order valence-corrected chi connectivity index (χ1v) is 8.44. The van der Waals surface area contributed by atoms with Crippen LogP contribution in [0.2, 0.25) is 0 Å². The van der Waals surface area contributed by atoms with E-state index in [1.165, 1.54) is 14.0 Å². The van der Waals surface area contributed by atoms with Gasteiger partial charge in [0.05, 0.1) is 11.6 Å². The van der Waals surface area contributed by atoms with Crippen LogP contribution in [-0.2, 0) is 19.0 Å². The number of hydrogen-bond donors (Lipinski definition) is 1. The van der Waals surface area contributed by atoms with Crippen molar-refractivity contribution in [1.29, 1.82) is 0 Å². The van der Waals surface area contributed by atoms with Crippen LogP contribution in [0.5, 0.6) is 0 Å². The lowest BCUT2D eigenvalue weighted by Gasteiger charge is -2.40. The summed E-state index contributed by atoms with van der Waals surface area (Å²) in [6, 6.07) is 8.35. The first-order chi connectivity index (χ1) is 11.0. The maximum absolute atomic E-state index is 12.3. The summed E-state index contributed by atoms with van der Waals surface area (Å²) < 4.78 is 16.6. The first kappa shape index (κ1) is 17.9. The van der Waals surface area contributed by atoms with Gasteiger partial charge in [-0.1, -0.05) is 34.1 Å². The molecular weight excluding hydrogens is 366 g/mol. The van der Waals surface area contributed by atoms with Gasteiger partial charge >= 0.3 is 5.97 Å². The molecule has 0 bridgehead atoms. The molecule has 1 aliphatic heterocycles. The van der Waals surface area contributed by atoms with Crippen LogP contribution in [0.1, 0.15) is 23.7 Å². The van der Waals surface area contributed by atoms with Crippen molar-refractivity contribution in [2.45, 2.75) is 37.9 Å². The van der Waals surface area contributed by atoms with E-state index in [1.54, 1.807) is 24.3 Å². The molecule has 1 amide bonds. The molecule has 1 unspecified atom stereocenters. The minimum absolute atomic E-state index is 0.194. The molecule has 1 aromatic carbocycles. The number of methoxy groups -OCH3 is 1. The van der Waals surface area contributed by atoms with Gasteiger partial charge in [-0.25, -0.2) is 4.79 Å². The first-order valence-electron chi connectivity index (χ1n) is 7.32. The Labute approximate surface area is 143 Å². The fourth-order valence-corrected chi connectivity index (χ4v) is 3.05. The molecule has 7 heteroatoms. The van der Waals surface area contributed by atoms with Gasteiger partial charge in [-0.15, -0.1) is 0 Å². The van der Waals surface area contributed by atoms with Gasteiger partial charge in [0.1, 0.15) is 12.2 Å². The van der Waals surface area contributed by atoms with Crippen molar-refractivity contribution in [3.05, 3.63) is 35.9 Å². The Bertz CT molecular complexity index is 539. The SMILES string of the molecule is CO[C@@H]1C[C@H](NC(C)=O)[C@H](OC(=O)c2ccccc2)C(CBr)O1. The van der Waals surface area contributed by atoms with E-state index in [0.717, 1.165) is 0 Å². The molecule has 0 aromatic heterocycles. The predicted molar refractivity (Wildman–Crippen MR) is 87.3 cm³/mol. The number of ether oxygens (including phenoxy) is 3. The average molecular weight is 386 g/mol. The lowest BCUT2D eigenvalue weighted by atomic mass is 9.99. The number of nitrogens with one attached hydrogen (secondary N) is 1. The van der Waals surface area contributed by atoms with E-state index in [1.807, 2.05) is 6.07 Å². The Balaban J connectivity index is 2.16. The molecule has 1 saturated heterocycles. The summed E-state index contributed by atoms with van der Waals surface area (Å²) in [7, 11) is 1.54. The summed E-state index contributed by atoms with van der Waals surface area (Å²) >= 11 is 3.36. The topological polar surface area (TPSA) is 73.9 Å². The molecule has 1 heterocycles. The Hall–Kier alpha value is -1.44. The van der Waals surface area contributed by atoms with Gasteiger partial charge in [-0.3, -0.25) is 4.79 Å². The summed E-state index contributed by atoms with van der Waals surface area (Å²) in [6.45, 7) is 1.43. The Morgan fingerprint density at radius 2 is 2.04 bits per heavy atom. The van der Waals surface area contributed by atoms with Crippen LogP contribution < -0.4 is 5.32 Å². The maximum Gasteiger partial charge on any atom is 0.338 e. The molecule has 4 atom stereocenters. The lowest BCUT2D eigenvalue weighted by molar-refractivity contribution is -0.213. The number of carbonyl (C=O) groups is 2. The summed E-state index contributed by atoms with van der Waals surface area (Å²) in [5.41, 5.74) is 0.455. The molecule has 1 fully saturated rings. The van der Waals surface area contributed by atoms with Crippen molar-refractivity contribution in [2.24, 2.45) is 0 Å². The van der Waals surface area contributed by atoms with Gasteiger partial charge in [0.2, 0.25) is 5.91 Å². The molecule has 1 aliphatic rings. The quantitative estimate of drug-likeness (QED) is 0.618. The van der Waals surface area contributed by atoms with Gasteiger partial charge < -0.3 is 19.5 Å². The standard InChI is InChI=1S/C16H20BrNO5/c1-10(19)18-12-8-14(21-2)22-13(9-17)15(12)23-16(20)11-6-4-3-5-7-11/h3-7,12-15H,8-9H2,1-2H3,(H,18,19)/t12-,13?,14-,15-/m0/s1. The second kappa shape index (κ2) is 8.42. The van der Waals surface area contributed by atoms with E-state index >= 15 is 0 Å². The smallest absolute Gasteiger partial charge is 0.338 e. The van der Waals surface area contributed by atoms with Crippen LogP contribution in [0.25, 0.3) is 0 Å². The molecule has 1 aromatic rings. The molecule has 1 N–H and O–H groups in total. The van der Waals surface area contributed by atoms with Crippen molar-refractivity contribution < 1.29 is 23.8 Å². The third-order valence-electron chi connectivity index (χ3n) is 3.59. The van der Waals surface area contributed by atoms with Gasteiger partial charge in [0.15, 0.2) is 6.29 Å². The number of alkyl halides is 1. The highest BCUT2D eigenvalue weighted by atomic mass is 79.9. The van der Waals surface area contributed by atoms with Crippen LogP contribution in [0, 0.1) is 0 Å². The van der Waals surface area contributed by atoms with Crippen LogP contribution >= 0.6 is 15.9 Å². The summed E-state index contributed by atoms with van der Waals surface area (Å²) in [6.07, 6.45) is -1.07. The third kappa shape index (κ3) is 4.76. The monoisotopic (exact) mass is 385 g/mol. The second-order valence-electron chi connectivity index (χ2n) is 5.27. The molecule has 0 saturated carbocycles. The highest BCUT2D eigenvalue weighted by Gasteiger charge is 2.41. The van der Waals surface area contributed by atoms with Crippen molar-refractivity contribution in [2.75, 3.05) is 12.4 Å². The highest BCUT2D eigenvalue weighted by Crippen LogP contribution is 2.25. The maximum atomic E-state index is 12.3. The lowest BCUT2D eigenvalue weighted by Crippen LogP contribution is -2.57. The molecular formula is C16H20BrNO5. The number of halogens is 1. The van der Waals surface area contributed by atoms with E-state index in [2.05, 4.69) is 21.2 Å². The molecule has 23 heavy (non-hydrogen) atoms. The molecule has 6 nitrogen and oxygen atoms in total. The second-order valence-corrected chi connectivity index (χ2v) is 5.92. The largest absolute Gasteiger partial charge is 0.454 e. The molecule has 0 aliphatic carbocycles. The van der Waals surface area contributed by atoms with Crippen LogP contribution in [0.15, 0.2) is 30.3 Å². The number of hydrogen-bond acceptors (Lipinski definition) is 5. The van der Waals surface area contributed by atoms with E-state index in [9.17, 15) is 9.59 Å². The molecule has 2 rings (SSSR count). The zero-order valence-electron chi connectivity index (χ0n) is 13.0. The van der Waals surface area contributed by atoms with E-state index in [-0.39, 0.29) is 11.9 Å². The molecule has 0 spiro atoms. The van der Waals surface area contributed by atoms with E-state index in [4.69, 9.17) is 14.2 Å². The average Bonchev–Trinajstić information content (AvgIpc) is 2.56. The fraction of sp³-hybridized carbons (Fsp3) is 0.500. The third-order valence-corrected chi connectivity index (χ3v) is 4.23. The van der Waals surface area contributed by atoms with Gasteiger partial charge in [0, 0.05) is 25.8 Å². The predicted octanol–water partition coefficient (Wildman–Crippen LogP) is 1.87. The normalized spacial score (nSPS) is 27.3. The fourth-order valence-electron chi connectivity index (χ4n) is 2.53. The van der Waals surface area contributed by atoms with Crippen LogP contribution in [0.4, 0.5) is 0 Å². The van der Waals surface area contributed by atoms with E-state index < -0.39 is 24.5 Å². The van der Waals surface area contributed by atoms with E-state index in [0.29, 0.717) is 17.3 Å². The number of carbonyl (C=O) groups excluding carboxylic acids is 2. The Morgan fingerprint density at radius 3 is 2.61 bits per heavy atom. The zero-order valence-corrected chi connectivity index (χ0v) is 14.6. The van der Waals surface area contributed by atoms with Crippen molar-refractivity contribution in [3.8, 4) is 0 Å². The summed E-state index contributed by atoms with van der Waals surface area (Å²) in [5.74, 6) is -0.641. The molecule has 0 radical (unpaired) electrons. The van der Waals surface area contributed by atoms with Gasteiger partial charge in [-0.05, 0) is 12.1 Å².